The molecule has 7 heteroatoms. The number of Topliss-reactive ketones (excluding diaryl/α,β-unsaturated/α-hetero) is 1. The van der Waals surface area contributed by atoms with Crippen molar-refractivity contribution in [1.82, 2.24) is 9.80 Å². The van der Waals surface area contributed by atoms with Crippen molar-refractivity contribution in [2.75, 3.05) is 57.3 Å². The second-order valence-corrected chi connectivity index (χ2v) is 8.46. The zero-order valence-corrected chi connectivity index (χ0v) is 19.4. The fourth-order valence-electron chi connectivity index (χ4n) is 4.24. The highest BCUT2D eigenvalue weighted by molar-refractivity contribution is 6.30. The van der Waals surface area contributed by atoms with Crippen LogP contribution in [0.4, 0.5) is 5.69 Å². The molecular weight excluding hydrogens is 417 g/mol. The molecular formula is C21H34Cl3N3O. The van der Waals surface area contributed by atoms with Gasteiger partial charge in [-0.1, -0.05) is 11.6 Å². The molecule has 0 spiro atoms. The van der Waals surface area contributed by atoms with Crippen LogP contribution in [0.2, 0.25) is 5.02 Å². The van der Waals surface area contributed by atoms with Gasteiger partial charge in [-0.15, -0.1) is 24.8 Å². The lowest BCUT2D eigenvalue weighted by atomic mass is 9.93. The number of piperazine rings is 1. The third-order valence-corrected chi connectivity index (χ3v) is 5.99. The summed E-state index contributed by atoms with van der Waals surface area (Å²) >= 11 is 6.21. The molecule has 28 heavy (non-hydrogen) atoms. The second kappa shape index (κ2) is 12.2. The summed E-state index contributed by atoms with van der Waals surface area (Å²) in [5.74, 6) is 1.11. The molecule has 0 aliphatic carbocycles. The summed E-state index contributed by atoms with van der Waals surface area (Å²) in [6.45, 7) is 12.2. The summed E-state index contributed by atoms with van der Waals surface area (Å²) in [7, 11) is 0. The van der Waals surface area contributed by atoms with Crippen molar-refractivity contribution in [3.05, 3.63) is 28.8 Å². The van der Waals surface area contributed by atoms with Crippen LogP contribution < -0.4 is 4.90 Å². The highest BCUT2D eigenvalue weighted by Crippen LogP contribution is 2.24. The van der Waals surface area contributed by atoms with Crippen LogP contribution in [-0.4, -0.2) is 67.9 Å². The van der Waals surface area contributed by atoms with Crippen molar-refractivity contribution >= 4 is 47.9 Å². The van der Waals surface area contributed by atoms with Crippen LogP contribution in [0.15, 0.2) is 18.2 Å². The largest absolute Gasteiger partial charge is 0.369 e. The van der Waals surface area contributed by atoms with Crippen molar-refractivity contribution in [2.45, 2.75) is 33.1 Å². The van der Waals surface area contributed by atoms with Gasteiger partial charge in [0.2, 0.25) is 0 Å². The van der Waals surface area contributed by atoms with Crippen LogP contribution in [0.1, 0.15) is 31.7 Å². The first kappa shape index (κ1) is 25.5. The average molecular weight is 451 g/mol. The van der Waals surface area contributed by atoms with Crippen molar-refractivity contribution in [3.8, 4) is 0 Å². The Morgan fingerprint density at radius 3 is 2.21 bits per heavy atom. The Morgan fingerprint density at radius 1 is 1.00 bits per heavy atom. The van der Waals surface area contributed by atoms with Gasteiger partial charge in [-0.05, 0) is 82.4 Å². The van der Waals surface area contributed by atoms with Crippen molar-refractivity contribution < 1.29 is 4.79 Å². The Labute approximate surface area is 187 Å². The number of benzene rings is 1. The van der Waals surface area contributed by atoms with Crippen LogP contribution >= 0.6 is 36.4 Å². The van der Waals surface area contributed by atoms with E-state index < -0.39 is 0 Å². The van der Waals surface area contributed by atoms with Crippen LogP contribution in [-0.2, 0) is 4.79 Å². The van der Waals surface area contributed by atoms with Crippen LogP contribution in [0, 0.1) is 12.8 Å². The summed E-state index contributed by atoms with van der Waals surface area (Å²) in [4.78, 5) is 18.6. The zero-order valence-electron chi connectivity index (χ0n) is 17.0. The van der Waals surface area contributed by atoms with Crippen LogP contribution in [0.5, 0.6) is 0 Å². The van der Waals surface area contributed by atoms with E-state index in [0.717, 1.165) is 50.2 Å². The summed E-state index contributed by atoms with van der Waals surface area (Å²) in [5, 5.41) is 0.832. The van der Waals surface area contributed by atoms with Crippen molar-refractivity contribution in [2.24, 2.45) is 5.92 Å². The Hall–Kier alpha value is -0.520. The number of likely N-dealkylation sites (tertiary alicyclic amines) is 1. The maximum atomic E-state index is 11.2. The molecule has 160 valence electrons. The molecule has 0 N–H and O–H groups in total. The van der Waals surface area contributed by atoms with Gasteiger partial charge in [0.1, 0.15) is 5.78 Å². The number of ketones is 1. The van der Waals surface area contributed by atoms with E-state index >= 15 is 0 Å². The molecule has 0 aromatic heterocycles. The SMILES string of the molecule is CC(=O)CN1CCC(CCN2CCN(c3cc(C)cc(Cl)c3)CC2)CC1.Cl.Cl. The molecule has 3 rings (SSSR count). The molecule has 0 unspecified atom stereocenters. The fraction of sp³-hybridized carbons (Fsp3) is 0.667. The van der Waals surface area contributed by atoms with Gasteiger partial charge in [0.25, 0.3) is 0 Å². The lowest BCUT2D eigenvalue weighted by Gasteiger charge is -2.37. The molecule has 0 radical (unpaired) electrons. The van der Waals surface area contributed by atoms with Gasteiger partial charge in [-0.25, -0.2) is 0 Å². The summed E-state index contributed by atoms with van der Waals surface area (Å²) < 4.78 is 0. The highest BCUT2D eigenvalue weighted by Gasteiger charge is 2.22. The number of piperidine rings is 1. The molecule has 4 nitrogen and oxygen atoms in total. The van der Waals surface area contributed by atoms with E-state index in [1.807, 2.05) is 6.07 Å². The van der Waals surface area contributed by atoms with Crippen molar-refractivity contribution in [1.29, 1.82) is 0 Å². The van der Waals surface area contributed by atoms with E-state index in [2.05, 4.69) is 33.8 Å². The second-order valence-electron chi connectivity index (χ2n) is 8.03. The number of nitrogens with zero attached hydrogens (tertiary/aromatic N) is 3. The molecule has 1 aromatic carbocycles. The highest BCUT2D eigenvalue weighted by atomic mass is 35.5. The summed E-state index contributed by atoms with van der Waals surface area (Å²) in [6, 6.07) is 6.33. The predicted octanol–water partition coefficient (Wildman–Crippen LogP) is 4.31. The normalized spacial score (nSPS) is 19.0. The Bertz CT molecular complexity index is 593. The third kappa shape index (κ3) is 7.72. The van der Waals surface area contributed by atoms with Crippen LogP contribution in [0.25, 0.3) is 0 Å². The van der Waals surface area contributed by atoms with Gasteiger partial charge < -0.3 is 4.90 Å². The van der Waals surface area contributed by atoms with Gasteiger partial charge in [-0.3, -0.25) is 14.6 Å². The topological polar surface area (TPSA) is 26.8 Å². The summed E-state index contributed by atoms with van der Waals surface area (Å²) in [5.41, 5.74) is 2.48. The Morgan fingerprint density at radius 2 is 1.64 bits per heavy atom. The van der Waals surface area contributed by atoms with Gasteiger partial charge in [0.15, 0.2) is 0 Å². The lowest BCUT2D eigenvalue weighted by molar-refractivity contribution is -0.118. The Kier molecular flexibility index (Phi) is 11.2. The minimum absolute atomic E-state index is 0. The molecule has 1 aromatic rings. The van der Waals surface area contributed by atoms with E-state index in [1.54, 1.807) is 6.92 Å². The first-order valence-electron chi connectivity index (χ1n) is 9.96. The quantitative estimate of drug-likeness (QED) is 0.645. The predicted molar refractivity (Wildman–Crippen MR) is 124 cm³/mol. The number of anilines is 1. The fourth-order valence-corrected chi connectivity index (χ4v) is 4.53. The maximum Gasteiger partial charge on any atom is 0.143 e. The molecule has 0 amide bonds. The Balaban J connectivity index is 0.00000196. The molecule has 2 heterocycles. The summed E-state index contributed by atoms with van der Waals surface area (Å²) in [6.07, 6.45) is 3.79. The third-order valence-electron chi connectivity index (χ3n) is 5.77. The average Bonchev–Trinajstić information content (AvgIpc) is 2.60. The molecule has 0 atom stereocenters. The number of aryl methyl sites for hydroxylation is 1. The number of hydrogen-bond acceptors (Lipinski definition) is 4. The van der Waals surface area contributed by atoms with E-state index in [9.17, 15) is 4.79 Å². The molecule has 2 saturated heterocycles. The number of carbonyl (C=O) groups excluding carboxylic acids is 1. The van der Waals surface area contributed by atoms with Gasteiger partial charge in [-0.2, -0.15) is 0 Å². The minimum atomic E-state index is 0. The monoisotopic (exact) mass is 449 g/mol. The first-order chi connectivity index (χ1) is 12.5. The zero-order chi connectivity index (χ0) is 18.5. The number of halogens is 3. The molecule has 0 bridgehead atoms. The van der Waals surface area contributed by atoms with E-state index in [0.29, 0.717) is 6.54 Å². The van der Waals surface area contributed by atoms with Crippen molar-refractivity contribution in [3.63, 3.8) is 0 Å². The molecule has 2 aliphatic heterocycles. The molecule has 2 fully saturated rings. The number of carbonyl (C=O) groups is 1. The molecule has 0 saturated carbocycles. The molecule has 2 aliphatic rings. The van der Waals surface area contributed by atoms with E-state index in [-0.39, 0.29) is 30.6 Å². The first-order valence-corrected chi connectivity index (χ1v) is 10.3. The van der Waals surface area contributed by atoms with Gasteiger partial charge in [0.05, 0.1) is 6.54 Å². The minimum Gasteiger partial charge on any atom is -0.369 e. The number of rotatable bonds is 6. The van der Waals surface area contributed by atoms with Gasteiger partial charge in [0, 0.05) is 36.9 Å². The van der Waals surface area contributed by atoms with E-state index in [1.165, 1.54) is 37.1 Å². The van der Waals surface area contributed by atoms with Gasteiger partial charge >= 0.3 is 0 Å². The lowest BCUT2D eigenvalue weighted by Crippen LogP contribution is -2.47. The standard InChI is InChI=1S/C21H32ClN3O.2ClH/c1-17-13-20(22)15-21(14-17)25-11-9-23(10-12-25)6-3-19-4-7-24(8-5-19)16-18(2)26;;/h13-15,19H,3-12,16H2,1-2H3;2*1H. The smallest absolute Gasteiger partial charge is 0.143 e. The maximum absolute atomic E-state index is 11.2. The van der Waals surface area contributed by atoms with Crippen LogP contribution in [0.3, 0.4) is 0 Å². The number of hydrogen-bond donors (Lipinski definition) is 0. The van der Waals surface area contributed by atoms with E-state index in [4.69, 9.17) is 11.6 Å².